The number of rotatable bonds is 7. The van der Waals surface area contributed by atoms with Crippen molar-refractivity contribution in [3.63, 3.8) is 0 Å². The second-order valence-corrected chi connectivity index (χ2v) is 11.7. The number of nitrogens with zero attached hydrogens (tertiary/aromatic N) is 4. The van der Waals surface area contributed by atoms with Crippen LogP contribution in [-0.4, -0.2) is 38.9 Å². The Labute approximate surface area is 245 Å². The van der Waals surface area contributed by atoms with Gasteiger partial charge in [0, 0.05) is 16.7 Å². The fourth-order valence-electron chi connectivity index (χ4n) is 4.63. The van der Waals surface area contributed by atoms with Crippen molar-refractivity contribution in [2.75, 3.05) is 17.2 Å². The minimum atomic E-state index is -0.315. The molecule has 10 heteroatoms. The van der Waals surface area contributed by atoms with Crippen molar-refractivity contribution in [3.8, 4) is 5.69 Å². The van der Waals surface area contributed by atoms with Gasteiger partial charge in [0.15, 0.2) is 11.0 Å². The number of halogens is 2. The number of aromatic nitrogens is 3. The van der Waals surface area contributed by atoms with Crippen molar-refractivity contribution >= 4 is 56.8 Å². The van der Waals surface area contributed by atoms with Crippen LogP contribution >= 0.6 is 39.3 Å². The van der Waals surface area contributed by atoms with Gasteiger partial charge < -0.3 is 10.2 Å². The van der Waals surface area contributed by atoms with E-state index in [-0.39, 0.29) is 24.1 Å². The van der Waals surface area contributed by atoms with Gasteiger partial charge in [-0.05, 0) is 73.7 Å². The summed E-state index contributed by atoms with van der Waals surface area (Å²) < 4.78 is 2.68. The van der Waals surface area contributed by atoms with Gasteiger partial charge in [0.25, 0.3) is 5.91 Å². The zero-order valence-corrected chi connectivity index (χ0v) is 24.7. The molecule has 4 aromatic rings. The number of anilines is 1. The average molecular weight is 625 g/mol. The molecule has 7 nitrogen and oxygen atoms in total. The third kappa shape index (κ3) is 6.05. The molecule has 0 spiro atoms. The number of aryl methyl sites for hydroxylation is 3. The van der Waals surface area contributed by atoms with Gasteiger partial charge >= 0.3 is 0 Å². The Morgan fingerprint density at radius 1 is 1.05 bits per heavy atom. The Balaban J connectivity index is 1.39. The number of benzene rings is 3. The average Bonchev–Trinajstić information content (AvgIpc) is 3.35. The fourth-order valence-corrected chi connectivity index (χ4v) is 6.04. The summed E-state index contributed by atoms with van der Waals surface area (Å²) in [6.45, 7) is 4.88. The zero-order valence-electron chi connectivity index (χ0n) is 21.6. The minimum Gasteiger partial charge on any atom is -0.345 e. The standard InChI is InChI=1S/C29H27BrClN5O2S/c1-18-9-10-19(2)25(14-18)36-26(16-32-28(38)22-15-21(30)11-12-23(22)31)33-34-29(36)39-17-27(37)35-13-5-7-20-6-3-4-8-24(20)35/h3-4,6,8-12,14-15H,5,7,13,16-17H2,1-2H3,(H,32,38). The number of hydrogen-bond donors (Lipinski definition) is 1. The summed E-state index contributed by atoms with van der Waals surface area (Å²) >= 11 is 11.0. The molecule has 200 valence electrons. The number of amides is 2. The van der Waals surface area contributed by atoms with Crippen molar-refractivity contribution in [1.82, 2.24) is 20.1 Å². The van der Waals surface area contributed by atoms with Gasteiger partial charge in [-0.25, -0.2) is 0 Å². The molecule has 0 aliphatic carbocycles. The monoisotopic (exact) mass is 623 g/mol. The highest BCUT2D eigenvalue weighted by molar-refractivity contribution is 9.10. The molecule has 0 atom stereocenters. The highest BCUT2D eigenvalue weighted by Crippen LogP contribution is 2.30. The summed E-state index contributed by atoms with van der Waals surface area (Å²) in [7, 11) is 0. The van der Waals surface area contributed by atoms with E-state index in [1.807, 2.05) is 53.6 Å². The minimum absolute atomic E-state index is 0.0295. The Kier molecular flexibility index (Phi) is 8.40. The van der Waals surface area contributed by atoms with Crippen LogP contribution in [0.15, 0.2) is 70.3 Å². The van der Waals surface area contributed by atoms with Crippen molar-refractivity contribution in [2.45, 2.75) is 38.4 Å². The first-order valence-electron chi connectivity index (χ1n) is 12.6. The van der Waals surface area contributed by atoms with Gasteiger partial charge in [-0.15, -0.1) is 10.2 Å². The normalized spacial score (nSPS) is 12.8. The molecule has 2 heterocycles. The summed E-state index contributed by atoms with van der Waals surface area (Å²) in [4.78, 5) is 28.1. The molecular weight excluding hydrogens is 598 g/mol. The molecule has 1 aromatic heterocycles. The Bertz CT molecular complexity index is 1560. The maximum absolute atomic E-state index is 13.3. The second-order valence-electron chi connectivity index (χ2n) is 9.40. The third-order valence-electron chi connectivity index (χ3n) is 6.62. The number of carbonyl (C=O) groups is 2. The smallest absolute Gasteiger partial charge is 0.253 e. The van der Waals surface area contributed by atoms with Gasteiger partial charge in [-0.3, -0.25) is 14.2 Å². The second kappa shape index (κ2) is 11.9. The van der Waals surface area contributed by atoms with E-state index in [0.717, 1.165) is 39.8 Å². The van der Waals surface area contributed by atoms with E-state index in [9.17, 15) is 9.59 Å². The number of para-hydroxylation sites is 1. The molecule has 0 fully saturated rings. The number of thioether (sulfide) groups is 1. The molecule has 3 aromatic carbocycles. The number of fused-ring (bicyclic) bond motifs is 1. The first-order chi connectivity index (χ1) is 18.8. The summed E-state index contributed by atoms with van der Waals surface area (Å²) in [6, 6.07) is 19.4. The predicted molar refractivity (Wildman–Crippen MR) is 159 cm³/mol. The SMILES string of the molecule is Cc1ccc(C)c(-n2c(CNC(=O)c3cc(Br)ccc3Cl)nnc2SCC(=O)N2CCCc3ccccc32)c1. The molecule has 5 rings (SSSR count). The molecule has 0 saturated carbocycles. The highest BCUT2D eigenvalue weighted by atomic mass is 79.9. The molecule has 1 N–H and O–H groups in total. The third-order valence-corrected chi connectivity index (χ3v) is 8.36. The van der Waals surface area contributed by atoms with Crippen LogP contribution in [0, 0.1) is 13.8 Å². The number of carbonyl (C=O) groups excluding carboxylic acids is 2. The lowest BCUT2D eigenvalue weighted by molar-refractivity contribution is -0.116. The topological polar surface area (TPSA) is 80.1 Å². The van der Waals surface area contributed by atoms with Gasteiger partial charge in [-0.1, -0.05) is 69.6 Å². The zero-order chi connectivity index (χ0) is 27.5. The Morgan fingerprint density at radius 2 is 1.87 bits per heavy atom. The first kappa shape index (κ1) is 27.4. The van der Waals surface area contributed by atoms with Gasteiger partial charge in [0.2, 0.25) is 5.91 Å². The van der Waals surface area contributed by atoms with E-state index < -0.39 is 0 Å². The van der Waals surface area contributed by atoms with Crippen molar-refractivity contribution in [1.29, 1.82) is 0 Å². The van der Waals surface area contributed by atoms with Crippen LogP contribution in [0.1, 0.15) is 39.3 Å². The van der Waals surface area contributed by atoms with Crippen LogP contribution in [0.25, 0.3) is 5.69 Å². The highest BCUT2D eigenvalue weighted by Gasteiger charge is 2.24. The first-order valence-corrected chi connectivity index (χ1v) is 14.7. The van der Waals surface area contributed by atoms with Crippen LogP contribution in [-0.2, 0) is 17.8 Å². The van der Waals surface area contributed by atoms with Gasteiger partial charge in [-0.2, -0.15) is 0 Å². The van der Waals surface area contributed by atoms with E-state index >= 15 is 0 Å². The molecule has 0 radical (unpaired) electrons. The fraction of sp³-hybridized carbons (Fsp3) is 0.241. The summed E-state index contributed by atoms with van der Waals surface area (Å²) in [5, 5.41) is 12.7. The van der Waals surface area contributed by atoms with E-state index in [2.05, 4.69) is 43.6 Å². The summed E-state index contributed by atoms with van der Waals surface area (Å²) in [5.41, 5.74) is 5.57. The van der Waals surface area contributed by atoms with Crippen LogP contribution in [0.2, 0.25) is 5.02 Å². The van der Waals surface area contributed by atoms with Crippen LogP contribution in [0.3, 0.4) is 0 Å². The molecule has 1 aliphatic heterocycles. The molecule has 1 aliphatic rings. The molecule has 0 unspecified atom stereocenters. The lowest BCUT2D eigenvalue weighted by atomic mass is 10.0. The maximum atomic E-state index is 13.3. The Hall–Kier alpha value is -3.14. The van der Waals surface area contributed by atoms with E-state index in [0.29, 0.717) is 28.1 Å². The van der Waals surface area contributed by atoms with Gasteiger partial charge in [0.1, 0.15) is 0 Å². The van der Waals surface area contributed by atoms with E-state index in [1.165, 1.54) is 17.3 Å². The quantitative estimate of drug-likeness (QED) is 0.244. The molecule has 2 amide bonds. The Morgan fingerprint density at radius 3 is 2.72 bits per heavy atom. The molecule has 39 heavy (non-hydrogen) atoms. The van der Waals surface area contributed by atoms with E-state index in [4.69, 9.17) is 11.6 Å². The lowest BCUT2D eigenvalue weighted by Crippen LogP contribution is -2.36. The predicted octanol–water partition coefficient (Wildman–Crippen LogP) is 6.30. The van der Waals surface area contributed by atoms with Gasteiger partial charge in [0.05, 0.1) is 28.6 Å². The largest absolute Gasteiger partial charge is 0.345 e. The van der Waals surface area contributed by atoms with Crippen LogP contribution < -0.4 is 10.2 Å². The van der Waals surface area contributed by atoms with Crippen molar-refractivity contribution < 1.29 is 9.59 Å². The number of hydrogen-bond acceptors (Lipinski definition) is 5. The van der Waals surface area contributed by atoms with Crippen LogP contribution in [0.4, 0.5) is 5.69 Å². The molecular formula is C29H27BrClN5O2S. The maximum Gasteiger partial charge on any atom is 0.253 e. The summed E-state index contributed by atoms with van der Waals surface area (Å²) in [5.74, 6) is 0.491. The van der Waals surface area contributed by atoms with Crippen molar-refractivity contribution in [2.24, 2.45) is 0 Å². The van der Waals surface area contributed by atoms with Crippen molar-refractivity contribution in [3.05, 3.63) is 98.2 Å². The molecule has 0 bridgehead atoms. The number of nitrogens with one attached hydrogen (secondary N) is 1. The summed E-state index contributed by atoms with van der Waals surface area (Å²) in [6.07, 6.45) is 1.92. The van der Waals surface area contributed by atoms with E-state index in [1.54, 1.807) is 18.2 Å². The molecule has 0 saturated heterocycles. The lowest BCUT2D eigenvalue weighted by Gasteiger charge is -2.29. The van der Waals surface area contributed by atoms with Crippen LogP contribution in [0.5, 0.6) is 0 Å².